The quantitative estimate of drug-likeness (QED) is 0.672. The van der Waals surface area contributed by atoms with Crippen LogP contribution in [0.1, 0.15) is 23.6 Å². The number of aromatic nitrogens is 1. The Morgan fingerprint density at radius 2 is 1.96 bits per heavy atom. The second-order valence-corrected chi connectivity index (χ2v) is 8.93. The van der Waals surface area contributed by atoms with Crippen LogP contribution in [0.15, 0.2) is 53.6 Å². The van der Waals surface area contributed by atoms with Crippen LogP contribution in [0.3, 0.4) is 0 Å². The van der Waals surface area contributed by atoms with Gasteiger partial charge in [0.05, 0.1) is 10.6 Å². The van der Waals surface area contributed by atoms with Gasteiger partial charge in [0, 0.05) is 28.9 Å². The van der Waals surface area contributed by atoms with Crippen molar-refractivity contribution in [2.24, 2.45) is 0 Å². The summed E-state index contributed by atoms with van der Waals surface area (Å²) in [6, 6.07) is 9.03. The molecule has 0 aliphatic heterocycles. The lowest BCUT2D eigenvalue weighted by Gasteiger charge is -2.14. The van der Waals surface area contributed by atoms with Crippen LogP contribution in [-0.2, 0) is 16.4 Å². The van der Waals surface area contributed by atoms with Crippen LogP contribution < -0.4 is 5.32 Å². The number of nitrogens with zero attached hydrogens (tertiary/aromatic N) is 1. The summed E-state index contributed by atoms with van der Waals surface area (Å²) in [5.74, 6) is -1.53. The summed E-state index contributed by atoms with van der Waals surface area (Å²) in [5.41, 5.74) is 1.82. The summed E-state index contributed by atoms with van der Waals surface area (Å²) in [7, 11) is -2.24. The zero-order valence-corrected chi connectivity index (χ0v) is 16.5. The Morgan fingerprint density at radius 1 is 1.18 bits per heavy atom. The van der Waals surface area contributed by atoms with E-state index >= 15 is 0 Å². The van der Waals surface area contributed by atoms with Gasteiger partial charge in [-0.1, -0.05) is 17.7 Å². The zero-order chi connectivity index (χ0) is 20.1. The molecule has 2 aromatic carbocycles. The molecule has 1 atom stereocenters. The first-order valence-corrected chi connectivity index (χ1v) is 10.5. The normalized spacial score (nSPS) is 16.4. The van der Waals surface area contributed by atoms with Crippen molar-refractivity contribution < 1.29 is 17.2 Å². The van der Waals surface area contributed by atoms with Crippen LogP contribution >= 0.6 is 11.6 Å². The van der Waals surface area contributed by atoms with Crippen LogP contribution in [0.2, 0.25) is 5.02 Å². The van der Waals surface area contributed by atoms with Crippen LogP contribution in [0.25, 0.3) is 11.3 Å². The van der Waals surface area contributed by atoms with Crippen molar-refractivity contribution in [1.82, 2.24) is 9.29 Å². The van der Waals surface area contributed by atoms with E-state index in [0.717, 1.165) is 33.7 Å². The zero-order valence-electron chi connectivity index (χ0n) is 14.9. The highest BCUT2D eigenvalue weighted by molar-refractivity contribution is 7.90. The van der Waals surface area contributed by atoms with Crippen molar-refractivity contribution in [2.75, 3.05) is 7.05 Å². The lowest BCUT2D eigenvalue weighted by atomic mass is 10.1. The number of nitrogens with one attached hydrogen (secondary N) is 1. The minimum atomic E-state index is -4.03. The molecule has 0 radical (unpaired) electrons. The molecule has 4 nitrogen and oxygen atoms in total. The second-order valence-electron chi connectivity index (χ2n) is 6.67. The molecule has 0 fully saturated rings. The van der Waals surface area contributed by atoms with Crippen LogP contribution in [0.4, 0.5) is 8.78 Å². The summed E-state index contributed by atoms with van der Waals surface area (Å²) in [6.07, 6.45) is 2.89. The third-order valence-corrected chi connectivity index (χ3v) is 6.95. The fourth-order valence-electron chi connectivity index (χ4n) is 3.74. The Balaban J connectivity index is 2.00. The van der Waals surface area contributed by atoms with E-state index in [1.54, 1.807) is 19.2 Å². The summed E-state index contributed by atoms with van der Waals surface area (Å²) in [6.45, 7) is 0. The van der Waals surface area contributed by atoms with Gasteiger partial charge in [-0.3, -0.25) is 0 Å². The van der Waals surface area contributed by atoms with Crippen LogP contribution in [-0.4, -0.2) is 19.4 Å². The molecular weight excluding hydrogens is 406 g/mol. The number of hydrogen-bond acceptors (Lipinski definition) is 3. The lowest BCUT2D eigenvalue weighted by molar-refractivity contribution is 0.577. The van der Waals surface area contributed by atoms with Gasteiger partial charge in [0.25, 0.3) is 10.0 Å². The van der Waals surface area contributed by atoms with Gasteiger partial charge >= 0.3 is 0 Å². The molecule has 1 heterocycles. The predicted octanol–water partition coefficient (Wildman–Crippen LogP) is 4.53. The molecule has 1 N–H and O–H groups in total. The van der Waals surface area contributed by atoms with Crippen molar-refractivity contribution >= 4 is 21.6 Å². The van der Waals surface area contributed by atoms with E-state index in [-0.39, 0.29) is 27.2 Å². The summed E-state index contributed by atoms with van der Waals surface area (Å²) in [4.78, 5) is -0.00143. The average molecular weight is 423 g/mol. The number of halogens is 3. The molecule has 4 rings (SSSR count). The first kappa shape index (κ1) is 19.1. The van der Waals surface area contributed by atoms with E-state index in [4.69, 9.17) is 11.6 Å². The van der Waals surface area contributed by atoms with E-state index in [1.165, 1.54) is 24.4 Å². The standard InChI is InChI=1S/C20H17ClF2N2O2S/c1-24-19-8-7-15-17(19)11-25(20(15)16-6-5-13(22)10-18(16)23)28(26,27)14-4-2-3-12(21)9-14/h2-6,9-11,19,24H,7-8H2,1H3. The molecule has 1 unspecified atom stereocenters. The largest absolute Gasteiger partial charge is 0.313 e. The van der Waals surface area contributed by atoms with E-state index in [1.807, 2.05) is 0 Å². The minimum absolute atomic E-state index is 0.00143. The number of hydrogen-bond donors (Lipinski definition) is 1. The number of fused-ring (bicyclic) bond motifs is 1. The minimum Gasteiger partial charge on any atom is -0.313 e. The maximum absolute atomic E-state index is 14.6. The maximum atomic E-state index is 14.6. The Bertz CT molecular complexity index is 1170. The highest BCUT2D eigenvalue weighted by Crippen LogP contribution is 2.41. The Hall–Kier alpha value is -2.22. The highest BCUT2D eigenvalue weighted by Gasteiger charge is 2.33. The SMILES string of the molecule is CNC1CCc2c1cn(S(=O)(=O)c1cccc(Cl)c1)c2-c1ccc(F)cc1F. The molecule has 3 aromatic rings. The van der Waals surface area contributed by atoms with E-state index in [0.29, 0.717) is 6.42 Å². The van der Waals surface area contributed by atoms with Gasteiger partial charge in [0.1, 0.15) is 11.6 Å². The molecule has 1 aromatic heterocycles. The van der Waals surface area contributed by atoms with Gasteiger partial charge in [-0.05, 0) is 61.3 Å². The maximum Gasteiger partial charge on any atom is 0.268 e. The smallest absolute Gasteiger partial charge is 0.268 e. The first-order valence-electron chi connectivity index (χ1n) is 8.71. The third-order valence-electron chi connectivity index (χ3n) is 5.06. The van der Waals surface area contributed by atoms with Crippen molar-refractivity contribution in [1.29, 1.82) is 0 Å². The molecule has 0 saturated carbocycles. The highest BCUT2D eigenvalue weighted by atomic mass is 35.5. The fraction of sp³-hybridized carbons (Fsp3) is 0.200. The molecule has 0 saturated heterocycles. The number of benzene rings is 2. The molecule has 0 amide bonds. The van der Waals surface area contributed by atoms with E-state index < -0.39 is 21.7 Å². The number of rotatable bonds is 4. The Labute approximate surface area is 166 Å². The van der Waals surface area contributed by atoms with Gasteiger partial charge in [-0.15, -0.1) is 0 Å². The molecule has 8 heteroatoms. The Kier molecular flexibility index (Phi) is 4.77. The topological polar surface area (TPSA) is 51.1 Å². The fourth-order valence-corrected chi connectivity index (χ4v) is 5.45. The van der Waals surface area contributed by atoms with Gasteiger partial charge in [0.15, 0.2) is 0 Å². The van der Waals surface area contributed by atoms with Gasteiger partial charge in [0.2, 0.25) is 0 Å². The average Bonchev–Trinajstić information content (AvgIpc) is 3.21. The van der Waals surface area contributed by atoms with Gasteiger partial charge in [-0.2, -0.15) is 0 Å². The predicted molar refractivity (Wildman–Crippen MR) is 104 cm³/mol. The van der Waals surface area contributed by atoms with E-state index in [2.05, 4.69) is 5.32 Å². The molecule has 146 valence electrons. The monoisotopic (exact) mass is 422 g/mol. The molecule has 1 aliphatic rings. The lowest BCUT2D eigenvalue weighted by Crippen LogP contribution is -2.16. The first-order chi connectivity index (χ1) is 13.3. The van der Waals surface area contributed by atoms with Crippen LogP contribution in [0, 0.1) is 11.6 Å². The van der Waals surface area contributed by atoms with Gasteiger partial charge in [-0.25, -0.2) is 21.2 Å². The van der Waals surface area contributed by atoms with Crippen molar-refractivity contribution in [3.63, 3.8) is 0 Å². The van der Waals surface area contributed by atoms with Gasteiger partial charge < -0.3 is 5.32 Å². The van der Waals surface area contributed by atoms with Crippen molar-refractivity contribution in [2.45, 2.75) is 23.8 Å². The summed E-state index contributed by atoms with van der Waals surface area (Å²) >= 11 is 5.97. The molecule has 0 spiro atoms. The van der Waals surface area contributed by atoms with Crippen molar-refractivity contribution in [3.8, 4) is 11.3 Å². The molecule has 1 aliphatic carbocycles. The van der Waals surface area contributed by atoms with E-state index in [9.17, 15) is 17.2 Å². The third kappa shape index (κ3) is 3.03. The second kappa shape index (κ2) is 6.99. The summed E-state index contributed by atoms with van der Waals surface area (Å²) in [5, 5.41) is 3.43. The molecule has 28 heavy (non-hydrogen) atoms. The Morgan fingerprint density at radius 3 is 2.64 bits per heavy atom. The summed E-state index contributed by atoms with van der Waals surface area (Å²) < 4.78 is 55.8. The van der Waals surface area contributed by atoms with Crippen LogP contribution in [0.5, 0.6) is 0 Å². The molecule has 0 bridgehead atoms. The van der Waals surface area contributed by atoms with Crippen molar-refractivity contribution in [3.05, 3.63) is 76.4 Å². The molecular formula is C20H17ClF2N2O2S.